The van der Waals surface area contributed by atoms with Crippen molar-refractivity contribution in [2.24, 2.45) is 5.73 Å². The highest BCUT2D eigenvalue weighted by Crippen LogP contribution is 2.16. The Balaban J connectivity index is 1.82. The van der Waals surface area contributed by atoms with Crippen LogP contribution in [-0.2, 0) is 4.74 Å². The second kappa shape index (κ2) is 6.98. The first-order valence-corrected chi connectivity index (χ1v) is 6.96. The molecule has 1 heterocycles. The van der Waals surface area contributed by atoms with Crippen LogP contribution < -0.4 is 5.73 Å². The summed E-state index contributed by atoms with van der Waals surface area (Å²) >= 11 is 0. The zero-order chi connectivity index (χ0) is 13.7. The molecule has 19 heavy (non-hydrogen) atoms. The lowest BCUT2D eigenvalue weighted by Gasteiger charge is -2.29. The Morgan fingerprint density at radius 3 is 3.00 bits per heavy atom. The molecule has 2 rings (SSSR count). The van der Waals surface area contributed by atoms with E-state index in [0.717, 1.165) is 25.1 Å². The summed E-state index contributed by atoms with van der Waals surface area (Å²) in [5.74, 6) is -0.230. The number of hydrogen-bond acceptors (Lipinski definition) is 3. The maximum absolute atomic E-state index is 13.1. The van der Waals surface area contributed by atoms with Gasteiger partial charge in [0.1, 0.15) is 5.82 Å². The number of ether oxygens (including phenoxy) is 1. The molecule has 1 aromatic rings. The molecule has 106 valence electrons. The van der Waals surface area contributed by atoms with Gasteiger partial charge in [-0.2, -0.15) is 0 Å². The van der Waals surface area contributed by atoms with Gasteiger partial charge in [-0.1, -0.05) is 12.1 Å². The molecule has 1 fully saturated rings. The van der Waals surface area contributed by atoms with Crippen LogP contribution >= 0.6 is 0 Å². The number of rotatable bonds is 5. The summed E-state index contributed by atoms with van der Waals surface area (Å²) in [4.78, 5) is 2.17. The van der Waals surface area contributed by atoms with E-state index in [1.165, 1.54) is 25.0 Å². The lowest BCUT2D eigenvalue weighted by atomic mass is 10.1. The van der Waals surface area contributed by atoms with Gasteiger partial charge in [0.25, 0.3) is 0 Å². The van der Waals surface area contributed by atoms with Crippen LogP contribution in [0.1, 0.15) is 30.9 Å². The van der Waals surface area contributed by atoms with Crippen molar-refractivity contribution in [2.75, 3.05) is 26.7 Å². The van der Waals surface area contributed by atoms with Crippen LogP contribution in [0.25, 0.3) is 0 Å². The van der Waals surface area contributed by atoms with Gasteiger partial charge in [-0.15, -0.1) is 0 Å². The van der Waals surface area contributed by atoms with Crippen LogP contribution in [0.3, 0.4) is 0 Å². The lowest BCUT2D eigenvalue weighted by Crippen LogP contribution is -2.37. The summed E-state index contributed by atoms with van der Waals surface area (Å²) in [6.45, 7) is 2.47. The van der Waals surface area contributed by atoms with Gasteiger partial charge in [-0.05, 0) is 44.0 Å². The first-order valence-electron chi connectivity index (χ1n) is 6.96. The molecule has 0 spiro atoms. The van der Waals surface area contributed by atoms with Crippen molar-refractivity contribution < 1.29 is 9.13 Å². The number of halogens is 1. The van der Waals surface area contributed by atoms with E-state index < -0.39 is 0 Å². The highest BCUT2D eigenvalue weighted by Gasteiger charge is 2.17. The number of nitrogens with two attached hydrogens (primary N) is 1. The topological polar surface area (TPSA) is 38.5 Å². The van der Waals surface area contributed by atoms with Crippen molar-refractivity contribution in [3.8, 4) is 0 Å². The van der Waals surface area contributed by atoms with Crippen molar-refractivity contribution in [3.05, 3.63) is 35.6 Å². The highest BCUT2D eigenvalue weighted by atomic mass is 19.1. The second-order valence-electron chi connectivity index (χ2n) is 5.37. The molecule has 0 bridgehead atoms. The van der Waals surface area contributed by atoms with Crippen LogP contribution in [0.15, 0.2) is 24.3 Å². The molecule has 4 heteroatoms. The van der Waals surface area contributed by atoms with Crippen LogP contribution in [0.4, 0.5) is 4.39 Å². The van der Waals surface area contributed by atoms with Gasteiger partial charge in [0.05, 0.1) is 6.10 Å². The van der Waals surface area contributed by atoms with Gasteiger partial charge in [-0.3, -0.25) is 0 Å². The standard InChI is InChI=1S/C15H23FN2O/c1-18(10-14-7-2-3-8-19-14)11-15(17)12-5-4-6-13(16)9-12/h4-6,9,14-15H,2-3,7-8,10-11,17H2,1H3. The third-order valence-electron chi connectivity index (χ3n) is 3.57. The first-order chi connectivity index (χ1) is 9.15. The molecule has 1 aliphatic heterocycles. The molecule has 1 aromatic carbocycles. The third kappa shape index (κ3) is 4.56. The summed E-state index contributed by atoms with van der Waals surface area (Å²) in [5, 5.41) is 0. The molecular weight excluding hydrogens is 243 g/mol. The van der Waals surface area contributed by atoms with Gasteiger partial charge >= 0.3 is 0 Å². The van der Waals surface area contributed by atoms with Crippen molar-refractivity contribution in [1.29, 1.82) is 0 Å². The van der Waals surface area contributed by atoms with E-state index in [2.05, 4.69) is 4.90 Å². The Bertz CT molecular complexity index is 393. The fourth-order valence-corrected chi connectivity index (χ4v) is 2.55. The molecule has 2 unspecified atom stereocenters. The average Bonchev–Trinajstić information content (AvgIpc) is 2.39. The quantitative estimate of drug-likeness (QED) is 0.889. The second-order valence-corrected chi connectivity index (χ2v) is 5.37. The highest BCUT2D eigenvalue weighted by molar-refractivity contribution is 5.20. The van der Waals surface area contributed by atoms with Crippen LogP contribution in [0, 0.1) is 5.82 Å². The summed E-state index contributed by atoms with van der Waals surface area (Å²) < 4.78 is 18.9. The summed E-state index contributed by atoms with van der Waals surface area (Å²) in [6, 6.07) is 6.36. The summed E-state index contributed by atoms with van der Waals surface area (Å²) in [6.07, 6.45) is 3.86. The minimum atomic E-state index is -0.230. The van der Waals surface area contributed by atoms with Gasteiger partial charge < -0.3 is 15.4 Å². The molecule has 3 nitrogen and oxygen atoms in total. The van der Waals surface area contributed by atoms with Crippen LogP contribution in [0.2, 0.25) is 0 Å². The zero-order valence-electron chi connectivity index (χ0n) is 11.5. The minimum absolute atomic E-state index is 0.163. The first kappa shape index (κ1) is 14.4. The average molecular weight is 266 g/mol. The third-order valence-corrected chi connectivity index (χ3v) is 3.57. The summed E-state index contributed by atoms with van der Waals surface area (Å²) in [5.41, 5.74) is 6.96. The Morgan fingerprint density at radius 2 is 2.32 bits per heavy atom. The van der Waals surface area contributed by atoms with Crippen molar-refractivity contribution >= 4 is 0 Å². The lowest BCUT2D eigenvalue weighted by molar-refractivity contribution is -0.00214. The maximum atomic E-state index is 13.1. The normalized spacial score (nSPS) is 21.6. The van der Waals surface area contributed by atoms with Gasteiger partial charge in [0, 0.05) is 25.7 Å². The fourth-order valence-electron chi connectivity index (χ4n) is 2.55. The van der Waals surface area contributed by atoms with Crippen molar-refractivity contribution in [3.63, 3.8) is 0 Å². The maximum Gasteiger partial charge on any atom is 0.123 e. The van der Waals surface area contributed by atoms with Gasteiger partial charge in [0.2, 0.25) is 0 Å². The molecule has 0 aromatic heterocycles. The van der Waals surface area contributed by atoms with E-state index in [1.54, 1.807) is 6.07 Å². The zero-order valence-corrected chi connectivity index (χ0v) is 11.5. The molecule has 2 atom stereocenters. The largest absolute Gasteiger partial charge is 0.377 e. The number of nitrogens with zero attached hydrogens (tertiary/aromatic N) is 1. The predicted molar refractivity (Wildman–Crippen MR) is 74.4 cm³/mol. The number of hydrogen-bond donors (Lipinski definition) is 1. The smallest absolute Gasteiger partial charge is 0.123 e. The number of likely N-dealkylation sites (N-methyl/N-ethyl adjacent to an activating group) is 1. The summed E-state index contributed by atoms with van der Waals surface area (Å²) in [7, 11) is 2.04. The molecule has 0 saturated carbocycles. The van der Waals surface area contributed by atoms with E-state index >= 15 is 0 Å². The SMILES string of the molecule is CN(CC1CCCCO1)CC(N)c1cccc(F)c1. The molecule has 2 N–H and O–H groups in total. The Hall–Kier alpha value is -0.970. The Labute approximate surface area is 114 Å². The van der Waals surface area contributed by atoms with E-state index in [-0.39, 0.29) is 11.9 Å². The molecule has 1 aliphatic rings. The van der Waals surface area contributed by atoms with Crippen molar-refractivity contribution in [2.45, 2.75) is 31.4 Å². The minimum Gasteiger partial charge on any atom is -0.377 e. The Morgan fingerprint density at radius 1 is 1.47 bits per heavy atom. The molecule has 0 amide bonds. The van der Waals surface area contributed by atoms with E-state index in [1.807, 2.05) is 13.1 Å². The van der Waals surface area contributed by atoms with Crippen molar-refractivity contribution in [1.82, 2.24) is 4.90 Å². The van der Waals surface area contributed by atoms with E-state index in [4.69, 9.17) is 10.5 Å². The monoisotopic (exact) mass is 266 g/mol. The molecule has 0 radical (unpaired) electrons. The fraction of sp³-hybridized carbons (Fsp3) is 0.600. The van der Waals surface area contributed by atoms with Gasteiger partial charge in [0.15, 0.2) is 0 Å². The van der Waals surface area contributed by atoms with Gasteiger partial charge in [-0.25, -0.2) is 4.39 Å². The predicted octanol–water partition coefficient (Wildman–Crippen LogP) is 2.33. The molecular formula is C15H23FN2O. The van der Waals surface area contributed by atoms with E-state index in [9.17, 15) is 4.39 Å². The van der Waals surface area contributed by atoms with Crippen LogP contribution in [0.5, 0.6) is 0 Å². The molecule has 0 aliphatic carbocycles. The van der Waals surface area contributed by atoms with E-state index in [0.29, 0.717) is 12.6 Å². The molecule has 1 saturated heterocycles. The Kier molecular flexibility index (Phi) is 5.31. The van der Waals surface area contributed by atoms with Crippen LogP contribution in [-0.4, -0.2) is 37.7 Å². The number of benzene rings is 1.